The van der Waals surface area contributed by atoms with Crippen molar-refractivity contribution in [1.82, 2.24) is 9.97 Å². The molecule has 0 aliphatic rings. The van der Waals surface area contributed by atoms with Crippen LogP contribution in [0.3, 0.4) is 0 Å². The van der Waals surface area contributed by atoms with Crippen LogP contribution >= 0.6 is 0 Å². The summed E-state index contributed by atoms with van der Waals surface area (Å²) in [5.74, 6) is 0.739. The minimum Gasteiger partial charge on any atom is -0.332 e. The zero-order valence-electron chi connectivity index (χ0n) is 13.7. The molecular formula is C20H22N4. The van der Waals surface area contributed by atoms with Crippen LogP contribution in [0.1, 0.15) is 16.7 Å². The van der Waals surface area contributed by atoms with Crippen molar-refractivity contribution in [2.24, 2.45) is 5.73 Å². The Morgan fingerprint density at radius 2 is 1.21 bits per heavy atom. The lowest BCUT2D eigenvalue weighted by Crippen LogP contribution is -2.24. The van der Waals surface area contributed by atoms with Crippen molar-refractivity contribution < 1.29 is 0 Å². The smallest absolute Gasteiger partial charge is 0.225 e. The molecule has 2 aromatic carbocycles. The third kappa shape index (κ3) is 4.40. The minimum absolute atomic E-state index is 0.612. The summed E-state index contributed by atoms with van der Waals surface area (Å²) in [6, 6.07) is 20.8. The van der Waals surface area contributed by atoms with E-state index in [1.54, 1.807) is 0 Å². The lowest BCUT2D eigenvalue weighted by Gasteiger charge is -2.23. The third-order valence-corrected chi connectivity index (χ3v) is 3.84. The van der Waals surface area contributed by atoms with Crippen molar-refractivity contribution in [3.63, 3.8) is 0 Å². The first kappa shape index (κ1) is 16.1. The van der Waals surface area contributed by atoms with Crippen molar-refractivity contribution in [3.05, 3.63) is 89.7 Å². The molecule has 0 atom stereocenters. The summed E-state index contributed by atoms with van der Waals surface area (Å²) in [6.45, 7) is 2.15. The maximum atomic E-state index is 5.60. The van der Waals surface area contributed by atoms with E-state index in [1.807, 2.05) is 24.5 Å². The number of aromatic nitrogens is 2. The Morgan fingerprint density at radius 3 is 1.67 bits per heavy atom. The SMILES string of the molecule is NCCc1cnc(N(Cc2ccccc2)Cc2ccccc2)nc1. The quantitative estimate of drug-likeness (QED) is 0.727. The molecule has 3 rings (SSSR count). The van der Waals surface area contributed by atoms with E-state index in [4.69, 9.17) is 5.73 Å². The lowest BCUT2D eigenvalue weighted by atomic mass is 10.2. The van der Waals surface area contributed by atoms with Gasteiger partial charge in [0, 0.05) is 25.5 Å². The van der Waals surface area contributed by atoms with Crippen molar-refractivity contribution in [3.8, 4) is 0 Å². The number of benzene rings is 2. The van der Waals surface area contributed by atoms with Gasteiger partial charge in [-0.15, -0.1) is 0 Å². The van der Waals surface area contributed by atoms with Gasteiger partial charge in [0.25, 0.3) is 0 Å². The fourth-order valence-electron chi connectivity index (χ4n) is 2.61. The predicted octanol–water partition coefficient (Wildman–Crippen LogP) is 3.18. The Balaban J connectivity index is 1.83. The Hall–Kier alpha value is -2.72. The molecule has 1 heterocycles. The van der Waals surface area contributed by atoms with Gasteiger partial charge in [-0.1, -0.05) is 60.7 Å². The topological polar surface area (TPSA) is 55.0 Å². The molecule has 0 saturated carbocycles. The largest absolute Gasteiger partial charge is 0.332 e. The molecule has 122 valence electrons. The van der Waals surface area contributed by atoms with Crippen molar-refractivity contribution in [2.45, 2.75) is 19.5 Å². The van der Waals surface area contributed by atoms with Crippen molar-refractivity contribution in [2.75, 3.05) is 11.4 Å². The second-order valence-electron chi connectivity index (χ2n) is 5.76. The molecule has 0 unspecified atom stereocenters. The molecule has 0 radical (unpaired) electrons. The van der Waals surface area contributed by atoms with Crippen LogP contribution in [-0.4, -0.2) is 16.5 Å². The number of nitrogens with two attached hydrogens (primary N) is 1. The van der Waals surface area contributed by atoms with Gasteiger partial charge in [0.05, 0.1) is 0 Å². The fraction of sp³-hybridized carbons (Fsp3) is 0.200. The van der Waals surface area contributed by atoms with Gasteiger partial charge < -0.3 is 10.6 Å². The van der Waals surface area contributed by atoms with Gasteiger partial charge in [-0.2, -0.15) is 0 Å². The maximum absolute atomic E-state index is 5.60. The molecule has 0 bridgehead atoms. The second kappa shape index (κ2) is 8.22. The Morgan fingerprint density at radius 1 is 0.708 bits per heavy atom. The monoisotopic (exact) mass is 318 g/mol. The van der Waals surface area contributed by atoms with Gasteiger partial charge in [-0.05, 0) is 29.7 Å². The Bertz CT molecular complexity index is 685. The van der Waals surface area contributed by atoms with E-state index in [2.05, 4.69) is 63.4 Å². The number of anilines is 1. The summed E-state index contributed by atoms with van der Waals surface area (Å²) in [5, 5.41) is 0. The molecule has 0 spiro atoms. The number of hydrogen-bond donors (Lipinski definition) is 1. The van der Waals surface area contributed by atoms with E-state index >= 15 is 0 Å². The van der Waals surface area contributed by atoms with Crippen LogP contribution in [0.2, 0.25) is 0 Å². The lowest BCUT2D eigenvalue weighted by molar-refractivity contribution is 0.759. The van der Waals surface area contributed by atoms with Crippen LogP contribution < -0.4 is 10.6 Å². The van der Waals surface area contributed by atoms with Gasteiger partial charge >= 0.3 is 0 Å². The van der Waals surface area contributed by atoms with Crippen LogP contribution in [0.15, 0.2) is 73.1 Å². The van der Waals surface area contributed by atoms with Gasteiger partial charge in [0.1, 0.15) is 0 Å². The van der Waals surface area contributed by atoms with Crippen LogP contribution in [0, 0.1) is 0 Å². The summed E-state index contributed by atoms with van der Waals surface area (Å²) in [6.07, 6.45) is 4.55. The van der Waals surface area contributed by atoms with Crippen LogP contribution in [-0.2, 0) is 19.5 Å². The van der Waals surface area contributed by atoms with Crippen molar-refractivity contribution in [1.29, 1.82) is 0 Å². The highest BCUT2D eigenvalue weighted by Crippen LogP contribution is 2.16. The average molecular weight is 318 g/mol. The Kier molecular flexibility index (Phi) is 5.53. The second-order valence-corrected chi connectivity index (χ2v) is 5.76. The molecule has 0 amide bonds. The number of rotatable bonds is 7. The highest BCUT2D eigenvalue weighted by Gasteiger charge is 2.11. The highest BCUT2D eigenvalue weighted by atomic mass is 15.2. The van der Waals surface area contributed by atoms with Crippen LogP contribution in [0.5, 0.6) is 0 Å². The van der Waals surface area contributed by atoms with Gasteiger partial charge in [0.15, 0.2) is 0 Å². The summed E-state index contributed by atoms with van der Waals surface area (Å²) < 4.78 is 0. The van der Waals surface area contributed by atoms with E-state index in [1.165, 1.54) is 11.1 Å². The summed E-state index contributed by atoms with van der Waals surface area (Å²) in [7, 11) is 0. The minimum atomic E-state index is 0.612. The summed E-state index contributed by atoms with van der Waals surface area (Å²) in [4.78, 5) is 11.3. The molecule has 0 fully saturated rings. The molecule has 0 aliphatic heterocycles. The normalized spacial score (nSPS) is 10.5. The summed E-state index contributed by atoms with van der Waals surface area (Å²) in [5.41, 5.74) is 9.14. The van der Waals surface area contributed by atoms with Gasteiger partial charge in [-0.3, -0.25) is 0 Å². The molecule has 24 heavy (non-hydrogen) atoms. The fourth-order valence-corrected chi connectivity index (χ4v) is 2.61. The van der Waals surface area contributed by atoms with E-state index in [0.29, 0.717) is 6.54 Å². The molecule has 4 nitrogen and oxygen atoms in total. The average Bonchev–Trinajstić information content (AvgIpc) is 2.64. The molecule has 0 aliphatic carbocycles. The molecule has 2 N–H and O–H groups in total. The van der Waals surface area contributed by atoms with Gasteiger partial charge in [-0.25, -0.2) is 9.97 Å². The molecular weight excluding hydrogens is 296 g/mol. The van der Waals surface area contributed by atoms with E-state index in [-0.39, 0.29) is 0 Å². The molecule has 4 heteroatoms. The first-order valence-corrected chi connectivity index (χ1v) is 8.19. The number of nitrogens with zero attached hydrogens (tertiary/aromatic N) is 3. The standard InChI is InChI=1S/C20H22N4/c21-12-11-19-13-22-20(23-14-19)24(15-17-7-3-1-4-8-17)16-18-9-5-2-6-10-18/h1-10,13-14H,11-12,15-16,21H2. The first-order valence-electron chi connectivity index (χ1n) is 8.19. The molecule has 1 aromatic heterocycles. The Labute approximate surface area is 143 Å². The first-order chi connectivity index (χ1) is 11.8. The predicted molar refractivity (Wildman–Crippen MR) is 97.6 cm³/mol. The number of hydrogen-bond acceptors (Lipinski definition) is 4. The highest BCUT2D eigenvalue weighted by molar-refractivity contribution is 5.34. The van der Waals surface area contributed by atoms with E-state index in [0.717, 1.165) is 31.0 Å². The van der Waals surface area contributed by atoms with Crippen LogP contribution in [0.4, 0.5) is 5.95 Å². The van der Waals surface area contributed by atoms with E-state index in [9.17, 15) is 0 Å². The zero-order valence-corrected chi connectivity index (χ0v) is 13.7. The molecule has 0 saturated heterocycles. The van der Waals surface area contributed by atoms with E-state index < -0.39 is 0 Å². The van der Waals surface area contributed by atoms with Crippen molar-refractivity contribution >= 4 is 5.95 Å². The zero-order chi connectivity index (χ0) is 16.6. The van der Waals surface area contributed by atoms with Crippen LogP contribution in [0.25, 0.3) is 0 Å². The maximum Gasteiger partial charge on any atom is 0.225 e. The third-order valence-electron chi connectivity index (χ3n) is 3.84. The summed E-state index contributed by atoms with van der Waals surface area (Å²) >= 11 is 0. The van der Waals surface area contributed by atoms with Gasteiger partial charge in [0.2, 0.25) is 5.95 Å². The molecule has 3 aromatic rings.